The van der Waals surface area contributed by atoms with Crippen LogP contribution in [0.3, 0.4) is 0 Å². The van der Waals surface area contributed by atoms with Gasteiger partial charge in [-0.05, 0) is 36.5 Å². The van der Waals surface area contributed by atoms with Crippen LogP contribution in [-0.2, 0) is 22.4 Å². The smallest absolute Gasteiger partial charge is 0 e. The van der Waals surface area contributed by atoms with E-state index < -0.39 is 0 Å². The van der Waals surface area contributed by atoms with Gasteiger partial charge in [0.05, 0.1) is 0 Å². The molecule has 4 unspecified atom stereocenters. The molecule has 0 aromatic rings. The summed E-state index contributed by atoms with van der Waals surface area (Å²) in [5, 5.41) is 0. The van der Waals surface area contributed by atoms with Crippen molar-refractivity contribution in [2.24, 2.45) is 23.7 Å². The maximum absolute atomic E-state index is 2.44. The number of rotatable bonds is 0. The number of hydrogen-bond acceptors (Lipinski definition) is 0. The van der Waals surface area contributed by atoms with E-state index in [4.69, 9.17) is 0 Å². The van der Waals surface area contributed by atoms with Crippen molar-refractivity contribution in [2.75, 3.05) is 0 Å². The second-order valence-electron chi connectivity index (χ2n) is 3.85. The molecule has 0 saturated heterocycles. The molecule has 3 rings (SSSR count). The monoisotopic (exact) mass is 329 g/mol. The van der Waals surface area contributed by atoms with E-state index >= 15 is 0 Å². The van der Waals surface area contributed by atoms with Crippen molar-refractivity contribution in [3.8, 4) is 0 Å². The van der Waals surface area contributed by atoms with Gasteiger partial charge in [0.15, 0.2) is 0 Å². The molecule has 0 amide bonds. The molecule has 1 saturated carbocycles. The molecule has 0 aromatic heterocycles. The van der Waals surface area contributed by atoms with Crippen LogP contribution >= 0.6 is 0 Å². The predicted octanol–water partition coefficient (Wildman–Crippen LogP) is 2.38. The van der Waals surface area contributed by atoms with E-state index in [0.29, 0.717) is 0 Å². The quantitative estimate of drug-likeness (QED) is 0.473. The van der Waals surface area contributed by atoms with Crippen LogP contribution in [0.25, 0.3) is 0 Å². The minimum atomic E-state index is 0. The minimum absolute atomic E-state index is 0. The van der Waals surface area contributed by atoms with Crippen molar-refractivity contribution >= 4 is 0 Å². The third-order valence-electron chi connectivity index (χ3n) is 3.46. The van der Waals surface area contributed by atoms with Gasteiger partial charge in [-0.1, -0.05) is 24.3 Å². The third kappa shape index (κ3) is 0.932. The summed E-state index contributed by atoms with van der Waals surface area (Å²) in [5.41, 5.74) is 0. The summed E-state index contributed by atoms with van der Waals surface area (Å²) in [6.07, 6.45) is 12.5. The molecule has 3 aliphatic carbocycles. The van der Waals surface area contributed by atoms with Crippen LogP contribution in [0.4, 0.5) is 0 Å². The van der Waals surface area contributed by atoms with Gasteiger partial charge in [-0.15, -0.1) is 0 Å². The molecule has 1 heteroatoms. The molecule has 4 atom stereocenters. The van der Waals surface area contributed by atoms with Gasteiger partial charge in [-0.2, -0.15) is 0 Å². The molecule has 0 nitrogen and oxygen atoms in total. The molecule has 2 bridgehead atoms. The fourth-order valence-corrected chi connectivity index (χ4v) is 2.97. The first-order chi connectivity index (χ1) is 4.95. The van der Waals surface area contributed by atoms with E-state index in [1.54, 1.807) is 0 Å². The van der Waals surface area contributed by atoms with Crippen LogP contribution in [0, 0.1) is 23.7 Å². The molecule has 0 aliphatic heterocycles. The van der Waals surface area contributed by atoms with E-state index in [2.05, 4.69) is 24.3 Å². The Balaban J connectivity index is 0.000000480. The zero-order chi connectivity index (χ0) is 6.55. The fraction of sp³-hybridized carbons (Fsp3) is 0.600. The van der Waals surface area contributed by atoms with Gasteiger partial charge in [-0.25, -0.2) is 0 Å². The van der Waals surface area contributed by atoms with Crippen LogP contribution in [-0.4, -0.2) is 0 Å². The normalized spacial score (nSPS) is 49.5. The molecule has 0 heterocycles. The van der Waals surface area contributed by atoms with E-state index in [0.717, 1.165) is 23.7 Å². The second-order valence-corrected chi connectivity index (χ2v) is 3.85. The molecule has 0 aromatic carbocycles. The first-order valence-corrected chi connectivity index (χ1v) is 4.30. The van der Waals surface area contributed by atoms with E-state index in [1.807, 2.05) is 0 Å². The Morgan fingerprint density at radius 3 is 2.64 bits per heavy atom. The van der Waals surface area contributed by atoms with E-state index in [1.165, 1.54) is 12.8 Å². The Hall–Kier alpha value is 0.220. The van der Waals surface area contributed by atoms with Crippen LogP contribution in [0.2, 0.25) is 0 Å². The van der Waals surface area contributed by atoms with E-state index in [-0.39, 0.29) is 22.4 Å². The van der Waals surface area contributed by atoms with Crippen molar-refractivity contribution in [1.82, 2.24) is 0 Å². The van der Waals surface area contributed by atoms with Crippen LogP contribution in [0.5, 0.6) is 0 Å². The maximum Gasteiger partial charge on any atom is 0 e. The number of hydrogen-bond donors (Lipinski definition) is 0. The van der Waals surface area contributed by atoms with Crippen LogP contribution < -0.4 is 0 Å². The summed E-state index contributed by atoms with van der Waals surface area (Å²) in [4.78, 5) is 0. The summed E-state index contributed by atoms with van der Waals surface area (Å²) in [6, 6.07) is 0. The zero-order valence-corrected chi connectivity index (χ0v) is 8.50. The maximum atomic E-state index is 2.44. The summed E-state index contributed by atoms with van der Waals surface area (Å²) in [5.74, 6) is 3.82. The van der Waals surface area contributed by atoms with Gasteiger partial charge in [0.1, 0.15) is 0 Å². The summed E-state index contributed by atoms with van der Waals surface area (Å²) in [7, 11) is 0. The molecule has 63 valence electrons. The van der Waals surface area contributed by atoms with Gasteiger partial charge in [0.25, 0.3) is 0 Å². The summed E-state index contributed by atoms with van der Waals surface area (Å²) >= 11 is 0. The van der Waals surface area contributed by atoms with Crippen molar-refractivity contribution in [3.05, 3.63) is 24.3 Å². The fourth-order valence-electron chi connectivity index (χ4n) is 2.97. The molecular weight excluding hydrogens is 317 g/mol. The molecular formula is C10H12Au. The van der Waals surface area contributed by atoms with Crippen LogP contribution in [0.1, 0.15) is 12.8 Å². The molecule has 0 spiro atoms. The predicted molar refractivity (Wildman–Crippen MR) is 41.5 cm³/mol. The largest absolute Gasteiger partial charge is 0.0879 e. The number of allylic oxidation sites excluding steroid dienone is 4. The van der Waals surface area contributed by atoms with E-state index in [9.17, 15) is 0 Å². The van der Waals surface area contributed by atoms with Crippen molar-refractivity contribution < 1.29 is 22.4 Å². The topological polar surface area (TPSA) is 0 Å². The third-order valence-corrected chi connectivity index (χ3v) is 3.46. The number of fused-ring (bicyclic) bond motifs is 5. The second kappa shape index (κ2) is 2.62. The van der Waals surface area contributed by atoms with Crippen LogP contribution in [0.15, 0.2) is 24.3 Å². The average molecular weight is 329 g/mol. The van der Waals surface area contributed by atoms with Gasteiger partial charge in [0, 0.05) is 22.4 Å². The van der Waals surface area contributed by atoms with Gasteiger partial charge in [-0.3, -0.25) is 0 Å². The Bertz CT molecular complexity index is 217. The van der Waals surface area contributed by atoms with Crippen molar-refractivity contribution in [1.29, 1.82) is 0 Å². The summed E-state index contributed by atoms with van der Waals surface area (Å²) < 4.78 is 0. The minimum Gasteiger partial charge on any atom is -0.0879 e. The van der Waals surface area contributed by atoms with Gasteiger partial charge >= 0.3 is 0 Å². The zero-order valence-electron chi connectivity index (χ0n) is 6.33. The molecule has 1 radical (unpaired) electrons. The Morgan fingerprint density at radius 1 is 1.00 bits per heavy atom. The molecule has 1 fully saturated rings. The standard InChI is InChI=1S/C10H12.Au/c1-2-9-7-4-5-8(6-7)10(9)3-1;/h1-2,4-5,7-10H,3,6H2;. The Labute approximate surface area is 83.3 Å². The summed E-state index contributed by atoms with van der Waals surface area (Å²) in [6.45, 7) is 0. The van der Waals surface area contributed by atoms with Gasteiger partial charge < -0.3 is 0 Å². The Kier molecular flexibility index (Phi) is 1.87. The molecule has 11 heavy (non-hydrogen) atoms. The first kappa shape index (κ1) is 7.85. The van der Waals surface area contributed by atoms with Crippen molar-refractivity contribution in [2.45, 2.75) is 12.8 Å². The average Bonchev–Trinajstić information content (AvgIpc) is 2.60. The Morgan fingerprint density at radius 2 is 1.82 bits per heavy atom. The first-order valence-electron chi connectivity index (χ1n) is 4.30. The van der Waals surface area contributed by atoms with Gasteiger partial charge in [0.2, 0.25) is 0 Å². The molecule has 3 aliphatic rings. The SMILES string of the molecule is C1=CC2C3C=CC(C3)C2C1.[Au]. The van der Waals surface area contributed by atoms with Crippen molar-refractivity contribution in [3.63, 3.8) is 0 Å². The molecule has 0 N–H and O–H groups in total.